The van der Waals surface area contributed by atoms with Gasteiger partial charge in [-0.3, -0.25) is 4.79 Å². The fourth-order valence-electron chi connectivity index (χ4n) is 1.69. The summed E-state index contributed by atoms with van der Waals surface area (Å²) in [6, 6.07) is 5.37. The van der Waals surface area contributed by atoms with Crippen LogP contribution < -0.4 is 15.4 Å². The maximum Gasteiger partial charge on any atom is 0.225 e. The lowest BCUT2D eigenvalue weighted by Gasteiger charge is -2.25. The number of carbonyl (C=O) groups excluding carboxylic acids is 1. The number of rotatable bonds is 4. The zero-order chi connectivity index (χ0) is 12.3. The molecule has 0 radical (unpaired) electrons. The van der Waals surface area contributed by atoms with Gasteiger partial charge < -0.3 is 15.4 Å². The third-order valence-corrected chi connectivity index (χ3v) is 3.08. The van der Waals surface area contributed by atoms with Gasteiger partial charge in [0.05, 0.1) is 13.0 Å². The molecular weight excluding hydrogens is 275 g/mol. The largest absolute Gasteiger partial charge is 0.496 e. The summed E-state index contributed by atoms with van der Waals surface area (Å²) in [5.41, 5.74) is 0.889. The van der Waals surface area contributed by atoms with Crippen molar-refractivity contribution in [2.24, 2.45) is 5.92 Å². The molecular formula is C12H16Cl2N2O2. The monoisotopic (exact) mass is 290 g/mol. The van der Waals surface area contributed by atoms with Crippen LogP contribution in [0.3, 0.4) is 0 Å². The molecule has 2 rings (SSSR count). The Morgan fingerprint density at radius 1 is 1.56 bits per heavy atom. The lowest BCUT2D eigenvalue weighted by atomic mass is 10.0. The van der Waals surface area contributed by atoms with Crippen molar-refractivity contribution in [1.29, 1.82) is 0 Å². The Kier molecular flexibility index (Phi) is 5.72. The maximum absolute atomic E-state index is 11.7. The minimum atomic E-state index is 0. The molecule has 1 aliphatic rings. The second-order valence-electron chi connectivity index (χ2n) is 4.03. The van der Waals surface area contributed by atoms with Gasteiger partial charge in [-0.15, -0.1) is 12.4 Å². The minimum absolute atomic E-state index is 0. The van der Waals surface area contributed by atoms with Crippen LogP contribution in [0.25, 0.3) is 0 Å². The number of halogens is 2. The molecule has 18 heavy (non-hydrogen) atoms. The molecule has 1 aromatic carbocycles. The van der Waals surface area contributed by atoms with E-state index in [2.05, 4.69) is 10.6 Å². The van der Waals surface area contributed by atoms with Crippen molar-refractivity contribution < 1.29 is 9.53 Å². The predicted molar refractivity (Wildman–Crippen MR) is 73.5 cm³/mol. The quantitative estimate of drug-likeness (QED) is 0.886. The molecule has 0 spiro atoms. The lowest BCUT2D eigenvalue weighted by Crippen LogP contribution is -2.50. The van der Waals surface area contributed by atoms with E-state index in [0.717, 1.165) is 24.4 Å². The lowest BCUT2D eigenvalue weighted by molar-refractivity contribution is -0.126. The molecule has 4 nitrogen and oxygen atoms in total. The van der Waals surface area contributed by atoms with Gasteiger partial charge >= 0.3 is 0 Å². The molecule has 1 amide bonds. The molecule has 0 unspecified atom stereocenters. The SMILES string of the molecule is COc1ccc(Cl)cc1CNC(=O)C1CNC1.Cl. The van der Waals surface area contributed by atoms with E-state index in [4.69, 9.17) is 16.3 Å². The molecule has 2 N–H and O–H groups in total. The first-order valence-corrected chi connectivity index (χ1v) is 5.89. The van der Waals surface area contributed by atoms with Crippen molar-refractivity contribution in [3.05, 3.63) is 28.8 Å². The zero-order valence-corrected chi connectivity index (χ0v) is 11.6. The van der Waals surface area contributed by atoms with E-state index in [-0.39, 0.29) is 24.2 Å². The van der Waals surface area contributed by atoms with E-state index < -0.39 is 0 Å². The number of amides is 1. The summed E-state index contributed by atoms with van der Waals surface area (Å²) in [6.07, 6.45) is 0. The topological polar surface area (TPSA) is 50.4 Å². The number of methoxy groups -OCH3 is 1. The van der Waals surface area contributed by atoms with E-state index in [1.54, 1.807) is 25.3 Å². The Hall–Kier alpha value is -0.970. The van der Waals surface area contributed by atoms with E-state index in [9.17, 15) is 4.79 Å². The number of nitrogens with one attached hydrogen (secondary N) is 2. The summed E-state index contributed by atoms with van der Waals surface area (Å²) in [6.45, 7) is 1.97. The standard InChI is InChI=1S/C12H15ClN2O2.ClH/c1-17-11-3-2-10(13)4-8(11)7-15-12(16)9-5-14-6-9;/h2-4,9,14H,5-7H2,1H3,(H,15,16);1H. The molecule has 1 fully saturated rings. The van der Waals surface area contributed by atoms with Gasteiger partial charge in [-0.25, -0.2) is 0 Å². The normalized spacial score (nSPS) is 14.3. The first kappa shape index (κ1) is 15.1. The van der Waals surface area contributed by atoms with Gasteiger partial charge in [-0.1, -0.05) is 11.6 Å². The van der Waals surface area contributed by atoms with Gasteiger partial charge in [0.2, 0.25) is 5.91 Å². The summed E-state index contributed by atoms with van der Waals surface area (Å²) in [5.74, 6) is 0.910. The van der Waals surface area contributed by atoms with Gasteiger partial charge in [0.25, 0.3) is 0 Å². The Morgan fingerprint density at radius 2 is 2.28 bits per heavy atom. The van der Waals surface area contributed by atoms with Crippen LogP contribution in [-0.4, -0.2) is 26.1 Å². The van der Waals surface area contributed by atoms with E-state index in [1.807, 2.05) is 0 Å². The Morgan fingerprint density at radius 3 is 2.83 bits per heavy atom. The van der Waals surface area contributed by atoms with Crippen LogP contribution >= 0.6 is 24.0 Å². The number of hydrogen-bond donors (Lipinski definition) is 2. The van der Waals surface area contributed by atoms with Crippen LogP contribution in [-0.2, 0) is 11.3 Å². The van der Waals surface area contributed by atoms with E-state index in [0.29, 0.717) is 11.6 Å². The maximum atomic E-state index is 11.7. The van der Waals surface area contributed by atoms with Crippen LogP contribution in [0.2, 0.25) is 5.02 Å². The van der Waals surface area contributed by atoms with Crippen LogP contribution in [0.1, 0.15) is 5.56 Å². The van der Waals surface area contributed by atoms with Gasteiger partial charge in [0, 0.05) is 30.2 Å². The second-order valence-corrected chi connectivity index (χ2v) is 4.47. The number of ether oxygens (including phenoxy) is 1. The first-order valence-electron chi connectivity index (χ1n) is 5.51. The summed E-state index contributed by atoms with van der Waals surface area (Å²) in [5, 5.41) is 6.59. The summed E-state index contributed by atoms with van der Waals surface area (Å²) in [4.78, 5) is 11.7. The first-order chi connectivity index (χ1) is 8.20. The zero-order valence-electron chi connectivity index (χ0n) is 10.0. The van der Waals surface area contributed by atoms with Crippen molar-refractivity contribution in [3.8, 4) is 5.75 Å². The summed E-state index contributed by atoms with van der Waals surface area (Å²) < 4.78 is 5.21. The van der Waals surface area contributed by atoms with Gasteiger partial charge in [0.1, 0.15) is 5.75 Å². The van der Waals surface area contributed by atoms with Crippen molar-refractivity contribution in [2.45, 2.75) is 6.54 Å². The Balaban J connectivity index is 0.00000162. The number of carbonyl (C=O) groups is 1. The Labute approximate surface area is 117 Å². The highest BCUT2D eigenvalue weighted by molar-refractivity contribution is 6.30. The highest BCUT2D eigenvalue weighted by Gasteiger charge is 2.24. The number of hydrogen-bond acceptors (Lipinski definition) is 3. The molecule has 100 valence electrons. The smallest absolute Gasteiger partial charge is 0.225 e. The molecule has 6 heteroatoms. The molecule has 1 aromatic rings. The molecule has 0 bridgehead atoms. The molecule has 0 aliphatic carbocycles. The van der Waals surface area contributed by atoms with Crippen molar-refractivity contribution in [3.63, 3.8) is 0 Å². The van der Waals surface area contributed by atoms with Crippen molar-refractivity contribution in [1.82, 2.24) is 10.6 Å². The van der Waals surface area contributed by atoms with Crippen LogP contribution in [0.5, 0.6) is 5.75 Å². The van der Waals surface area contributed by atoms with Crippen LogP contribution in [0.4, 0.5) is 0 Å². The average molecular weight is 291 g/mol. The van der Waals surface area contributed by atoms with Gasteiger partial charge in [0.15, 0.2) is 0 Å². The predicted octanol–water partition coefficient (Wildman–Crippen LogP) is 1.61. The fraction of sp³-hybridized carbons (Fsp3) is 0.417. The third kappa shape index (κ3) is 3.51. The van der Waals surface area contributed by atoms with Crippen molar-refractivity contribution >= 4 is 29.9 Å². The molecule has 0 atom stereocenters. The molecule has 1 heterocycles. The van der Waals surface area contributed by atoms with E-state index >= 15 is 0 Å². The molecule has 1 aliphatic heterocycles. The van der Waals surface area contributed by atoms with Crippen LogP contribution in [0.15, 0.2) is 18.2 Å². The number of benzene rings is 1. The Bertz CT molecular complexity index is 423. The molecule has 1 saturated heterocycles. The average Bonchev–Trinajstić information content (AvgIpc) is 2.24. The highest BCUT2D eigenvalue weighted by atomic mass is 35.5. The van der Waals surface area contributed by atoms with Crippen molar-refractivity contribution in [2.75, 3.05) is 20.2 Å². The fourth-order valence-corrected chi connectivity index (χ4v) is 1.88. The molecule has 0 aromatic heterocycles. The van der Waals surface area contributed by atoms with Crippen LogP contribution in [0, 0.1) is 5.92 Å². The van der Waals surface area contributed by atoms with Gasteiger partial charge in [-0.05, 0) is 18.2 Å². The minimum Gasteiger partial charge on any atom is -0.496 e. The third-order valence-electron chi connectivity index (χ3n) is 2.85. The summed E-state index contributed by atoms with van der Waals surface area (Å²) in [7, 11) is 1.60. The summed E-state index contributed by atoms with van der Waals surface area (Å²) >= 11 is 5.91. The highest BCUT2D eigenvalue weighted by Crippen LogP contribution is 2.22. The molecule has 0 saturated carbocycles. The van der Waals surface area contributed by atoms with Gasteiger partial charge in [-0.2, -0.15) is 0 Å². The van der Waals surface area contributed by atoms with E-state index in [1.165, 1.54) is 0 Å². The second kappa shape index (κ2) is 6.83.